The van der Waals surface area contributed by atoms with E-state index in [1.54, 1.807) is 12.1 Å². The molecule has 1 aliphatic rings. The van der Waals surface area contributed by atoms with Gasteiger partial charge >= 0.3 is 0 Å². The average Bonchev–Trinajstić information content (AvgIpc) is 3.72. The Bertz CT molecular complexity index is 757. The Morgan fingerprint density at radius 1 is 0.800 bits per heavy atom. The van der Waals surface area contributed by atoms with Gasteiger partial charge in [0.05, 0.1) is 0 Å². The van der Waals surface area contributed by atoms with Crippen molar-refractivity contribution < 1.29 is 4.74 Å². The minimum absolute atomic E-state index is 0.370. The van der Waals surface area contributed by atoms with Crippen LogP contribution < -0.4 is 4.74 Å². The fraction of sp³-hybridized carbons (Fsp3) is 0.667. The van der Waals surface area contributed by atoms with Crippen molar-refractivity contribution in [3.63, 3.8) is 0 Å². The van der Waals surface area contributed by atoms with E-state index in [0.717, 1.165) is 11.3 Å². The molecule has 0 saturated heterocycles. The van der Waals surface area contributed by atoms with Gasteiger partial charge in [-0.3, -0.25) is 0 Å². The van der Waals surface area contributed by atoms with E-state index in [1.807, 2.05) is 13.0 Å². The van der Waals surface area contributed by atoms with E-state index in [1.165, 1.54) is 89.4 Å². The van der Waals surface area contributed by atoms with Gasteiger partial charge in [-0.15, -0.1) is 10.2 Å². The molecule has 1 aromatic carbocycles. The van der Waals surface area contributed by atoms with Gasteiger partial charge in [-0.05, 0) is 81.8 Å². The topological polar surface area (TPSA) is 38.2 Å². The molecule has 198 valence electrons. The number of rotatable bonds is 13. The molecule has 1 saturated carbocycles. The van der Waals surface area contributed by atoms with Crippen LogP contribution in [0.25, 0.3) is 0 Å². The number of aromatic nitrogens is 2. The van der Waals surface area contributed by atoms with Crippen LogP contribution >= 0.6 is 11.6 Å². The lowest BCUT2D eigenvalue weighted by Gasteiger charge is -2.21. The van der Waals surface area contributed by atoms with Gasteiger partial charge in [-0.2, -0.15) is 0 Å². The first-order valence-electron chi connectivity index (χ1n) is 14.0. The van der Waals surface area contributed by atoms with Crippen LogP contribution in [-0.2, 0) is 0 Å². The van der Waals surface area contributed by atoms with E-state index in [4.69, 9.17) is 16.3 Å². The van der Waals surface area contributed by atoms with E-state index in [9.17, 15) is 0 Å². The van der Waals surface area contributed by atoms with Gasteiger partial charge in [0, 0.05) is 6.07 Å². The van der Waals surface area contributed by atoms with Crippen LogP contribution in [0, 0.1) is 6.92 Å². The number of para-hydroxylation sites is 1. The van der Waals surface area contributed by atoms with Crippen LogP contribution in [0.15, 0.2) is 30.3 Å². The summed E-state index contributed by atoms with van der Waals surface area (Å²) in [5.41, 5.74) is 2.39. The fourth-order valence-electron chi connectivity index (χ4n) is 3.47. The number of aryl methyl sites for hydroxylation is 1. The molecular formula is C30H50ClN3O. The summed E-state index contributed by atoms with van der Waals surface area (Å²) in [6.45, 7) is 17.2. The highest BCUT2D eigenvalue weighted by Gasteiger charge is 2.27. The number of hydrogen-bond donors (Lipinski definition) is 0. The summed E-state index contributed by atoms with van der Waals surface area (Å²) in [6, 6.07) is 9.66. The first-order valence-corrected chi connectivity index (χ1v) is 14.4. The summed E-state index contributed by atoms with van der Waals surface area (Å²) in [5, 5.41) is 8.09. The summed E-state index contributed by atoms with van der Waals surface area (Å²) < 4.78 is 5.86. The van der Waals surface area contributed by atoms with E-state index < -0.39 is 0 Å². The highest BCUT2D eigenvalue weighted by Crippen LogP contribution is 2.46. The zero-order valence-electron chi connectivity index (χ0n) is 23.3. The normalized spacial score (nSPS) is 12.5. The standard InChI is InChI=1S/C14H13ClN2O.C12H27N.C4H10/c1-9-3-2-4-11(10-5-6-10)14(9)18-13-8-7-12(15)16-17-13;1-4-7-10-13(11-8-5-2)12-9-6-3;1-3-4-2/h2-4,7-8,10H,5-6H2,1H3;4-12H2,1-3H3;3-4H2,1-2H3. The van der Waals surface area contributed by atoms with Gasteiger partial charge in [0.15, 0.2) is 5.15 Å². The molecule has 0 spiro atoms. The molecule has 0 N–H and O–H groups in total. The number of benzene rings is 1. The maximum absolute atomic E-state index is 5.86. The van der Waals surface area contributed by atoms with Crippen molar-refractivity contribution in [2.24, 2.45) is 0 Å². The zero-order valence-corrected chi connectivity index (χ0v) is 24.0. The van der Waals surface area contributed by atoms with Gasteiger partial charge in [0.2, 0.25) is 5.88 Å². The quantitative estimate of drug-likeness (QED) is 0.272. The molecule has 0 atom stereocenters. The molecule has 5 heteroatoms. The molecule has 0 amide bonds. The van der Waals surface area contributed by atoms with Crippen LogP contribution in [0.3, 0.4) is 0 Å². The number of hydrogen-bond acceptors (Lipinski definition) is 4. The van der Waals surface area contributed by atoms with Crippen LogP contribution in [0.5, 0.6) is 11.6 Å². The van der Waals surface area contributed by atoms with Crippen molar-refractivity contribution in [3.8, 4) is 11.6 Å². The smallest absolute Gasteiger partial charge is 0.238 e. The van der Waals surface area contributed by atoms with Gasteiger partial charge in [0.1, 0.15) is 5.75 Å². The Balaban J connectivity index is 0.000000318. The Morgan fingerprint density at radius 2 is 1.37 bits per heavy atom. The van der Waals surface area contributed by atoms with Crippen molar-refractivity contribution in [1.82, 2.24) is 15.1 Å². The van der Waals surface area contributed by atoms with Crippen molar-refractivity contribution in [2.45, 2.75) is 112 Å². The number of nitrogens with zero attached hydrogens (tertiary/aromatic N) is 3. The lowest BCUT2D eigenvalue weighted by atomic mass is 10.1. The maximum Gasteiger partial charge on any atom is 0.238 e. The van der Waals surface area contributed by atoms with E-state index in [-0.39, 0.29) is 0 Å². The molecule has 1 aliphatic carbocycles. The summed E-state index contributed by atoms with van der Waals surface area (Å²) in [5.74, 6) is 2.03. The Labute approximate surface area is 220 Å². The molecule has 0 unspecified atom stereocenters. The van der Waals surface area contributed by atoms with Crippen molar-refractivity contribution in [2.75, 3.05) is 19.6 Å². The van der Waals surface area contributed by atoms with Crippen LogP contribution in [0.2, 0.25) is 5.15 Å². The molecule has 0 bridgehead atoms. The second kappa shape index (κ2) is 19.5. The highest BCUT2D eigenvalue weighted by molar-refractivity contribution is 6.29. The van der Waals surface area contributed by atoms with Gasteiger partial charge in [-0.25, -0.2) is 0 Å². The maximum atomic E-state index is 5.86. The summed E-state index contributed by atoms with van der Waals surface area (Å²) in [7, 11) is 0. The molecule has 1 heterocycles. The third-order valence-electron chi connectivity index (χ3n) is 6.06. The lowest BCUT2D eigenvalue weighted by Crippen LogP contribution is -2.27. The second-order valence-electron chi connectivity index (χ2n) is 9.47. The van der Waals surface area contributed by atoms with Crippen LogP contribution in [0.1, 0.15) is 116 Å². The molecule has 35 heavy (non-hydrogen) atoms. The Hall–Kier alpha value is -1.65. The zero-order chi connectivity index (χ0) is 25.9. The van der Waals surface area contributed by atoms with Crippen LogP contribution in [-0.4, -0.2) is 34.7 Å². The third-order valence-corrected chi connectivity index (χ3v) is 6.26. The molecule has 1 aromatic heterocycles. The minimum atomic E-state index is 0.370. The monoisotopic (exact) mass is 503 g/mol. The van der Waals surface area contributed by atoms with Crippen molar-refractivity contribution >= 4 is 11.6 Å². The van der Waals surface area contributed by atoms with Gasteiger partial charge in [0.25, 0.3) is 0 Å². The molecule has 4 nitrogen and oxygen atoms in total. The van der Waals surface area contributed by atoms with E-state index in [0.29, 0.717) is 17.0 Å². The highest BCUT2D eigenvalue weighted by atomic mass is 35.5. The largest absolute Gasteiger partial charge is 0.437 e. The molecule has 0 aliphatic heterocycles. The first-order chi connectivity index (χ1) is 17.0. The molecule has 0 radical (unpaired) electrons. The number of unbranched alkanes of at least 4 members (excludes halogenated alkanes) is 4. The SMILES string of the molecule is CCCC.CCCCN(CCCC)CCCC.Cc1cccc(C2CC2)c1Oc1ccc(Cl)nn1. The van der Waals surface area contributed by atoms with Gasteiger partial charge in [-0.1, -0.05) is 96.5 Å². The molecule has 3 rings (SSSR count). The third kappa shape index (κ3) is 13.9. The Morgan fingerprint density at radius 3 is 1.80 bits per heavy atom. The second-order valence-corrected chi connectivity index (χ2v) is 9.85. The molecular weight excluding hydrogens is 454 g/mol. The van der Waals surface area contributed by atoms with E-state index >= 15 is 0 Å². The van der Waals surface area contributed by atoms with Gasteiger partial charge < -0.3 is 9.64 Å². The van der Waals surface area contributed by atoms with Crippen molar-refractivity contribution in [1.29, 1.82) is 0 Å². The van der Waals surface area contributed by atoms with Crippen molar-refractivity contribution in [3.05, 3.63) is 46.6 Å². The predicted molar refractivity (Wildman–Crippen MR) is 152 cm³/mol. The summed E-state index contributed by atoms with van der Waals surface area (Å²) >= 11 is 5.71. The summed E-state index contributed by atoms with van der Waals surface area (Å²) in [4.78, 5) is 2.64. The fourth-order valence-corrected chi connectivity index (χ4v) is 3.57. The number of ether oxygens (including phenoxy) is 1. The molecule has 2 aromatic rings. The lowest BCUT2D eigenvalue weighted by molar-refractivity contribution is 0.261. The summed E-state index contributed by atoms with van der Waals surface area (Å²) in [6.07, 6.45) is 13.2. The first kappa shape index (κ1) is 31.4. The van der Waals surface area contributed by atoms with E-state index in [2.05, 4.69) is 61.8 Å². The van der Waals surface area contributed by atoms with Crippen LogP contribution in [0.4, 0.5) is 0 Å². The number of halogens is 1. The average molecular weight is 504 g/mol. The minimum Gasteiger partial charge on any atom is -0.437 e. The Kier molecular flexibility index (Phi) is 17.5. The predicted octanol–water partition coefficient (Wildman–Crippen LogP) is 9.60. The molecule has 1 fully saturated rings.